The summed E-state index contributed by atoms with van der Waals surface area (Å²) in [5, 5.41) is 14.6. The molecule has 9 heteroatoms. The van der Waals surface area contributed by atoms with Crippen molar-refractivity contribution in [2.45, 2.75) is 43.2 Å². The van der Waals surface area contributed by atoms with Crippen LogP contribution in [0.4, 0.5) is 11.4 Å². The highest BCUT2D eigenvalue weighted by atomic mass is 32.2. The van der Waals surface area contributed by atoms with Crippen LogP contribution in [0, 0.1) is 0 Å². The number of benzene rings is 2. The van der Waals surface area contributed by atoms with E-state index in [-0.39, 0.29) is 17.6 Å². The first-order valence-electron chi connectivity index (χ1n) is 10.7. The first-order valence-corrected chi connectivity index (χ1v) is 11.7. The van der Waals surface area contributed by atoms with Crippen molar-refractivity contribution in [2.75, 3.05) is 22.2 Å². The molecular weight excluding hydrogens is 424 g/mol. The van der Waals surface area contributed by atoms with E-state index in [9.17, 15) is 9.59 Å². The van der Waals surface area contributed by atoms with E-state index in [4.69, 9.17) is 5.84 Å². The Kier molecular flexibility index (Phi) is 7.06. The van der Waals surface area contributed by atoms with Gasteiger partial charge < -0.3 is 16.5 Å². The molecule has 2 amide bonds. The third-order valence-corrected chi connectivity index (χ3v) is 6.41. The van der Waals surface area contributed by atoms with Crippen molar-refractivity contribution >= 4 is 35.0 Å². The third-order valence-electron chi connectivity index (χ3n) is 5.47. The van der Waals surface area contributed by atoms with E-state index in [1.807, 2.05) is 18.2 Å². The normalized spacial score (nSPS) is 14.1. The van der Waals surface area contributed by atoms with Gasteiger partial charge in [0.1, 0.15) is 0 Å². The molecule has 8 nitrogen and oxygen atoms in total. The zero-order chi connectivity index (χ0) is 22.3. The molecule has 1 fully saturated rings. The summed E-state index contributed by atoms with van der Waals surface area (Å²) in [4.78, 5) is 25.3. The monoisotopic (exact) mass is 450 g/mol. The number of carbonyl (C=O) groups excluding carboxylic acids is 2. The van der Waals surface area contributed by atoms with Crippen molar-refractivity contribution in [3.8, 4) is 0 Å². The minimum Gasteiger partial charge on any atom is -0.336 e. The van der Waals surface area contributed by atoms with Crippen LogP contribution in [0.15, 0.2) is 59.8 Å². The molecular formula is C23H26N6O2S. The molecule has 4 rings (SSSR count). The predicted octanol–water partition coefficient (Wildman–Crippen LogP) is 4.02. The lowest BCUT2D eigenvalue weighted by Crippen LogP contribution is -2.21. The summed E-state index contributed by atoms with van der Waals surface area (Å²) in [6, 6.07) is 16.1. The minimum absolute atomic E-state index is 0.106. The van der Waals surface area contributed by atoms with E-state index in [1.54, 1.807) is 36.4 Å². The van der Waals surface area contributed by atoms with Crippen molar-refractivity contribution in [1.29, 1.82) is 0 Å². The molecule has 0 atom stereocenters. The smallest absolute Gasteiger partial charge is 0.257 e. The molecule has 4 N–H and O–H groups in total. The van der Waals surface area contributed by atoms with E-state index >= 15 is 0 Å². The van der Waals surface area contributed by atoms with Crippen LogP contribution in [-0.2, 0) is 4.79 Å². The lowest BCUT2D eigenvalue weighted by Gasteiger charge is -2.20. The molecule has 0 spiro atoms. The second-order valence-corrected chi connectivity index (χ2v) is 8.69. The zero-order valence-electron chi connectivity index (χ0n) is 17.7. The molecule has 166 valence electrons. The number of rotatable bonds is 7. The maximum atomic E-state index is 12.7. The Bertz CT molecular complexity index is 1080. The Morgan fingerprint density at radius 3 is 2.47 bits per heavy atom. The molecule has 0 bridgehead atoms. The zero-order valence-corrected chi connectivity index (χ0v) is 18.5. The Morgan fingerprint density at radius 1 is 0.969 bits per heavy atom. The third kappa shape index (κ3) is 5.28. The summed E-state index contributed by atoms with van der Waals surface area (Å²) >= 11 is 1.23. The lowest BCUT2D eigenvalue weighted by atomic mass is 9.89. The van der Waals surface area contributed by atoms with Gasteiger partial charge in [-0.3, -0.25) is 9.59 Å². The van der Waals surface area contributed by atoms with E-state index in [0.29, 0.717) is 28.0 Å². The van der Waals surface area contributed by atoms with Crippen molar-refractivity contribution in [3.63, 3.8) is 0 Å². The van der Waals surface area contributed by atoms with Gasteiger partial charge in [-0.25, -0.2) is 4.68 Å². The van der Waals surface area contributed by atoms with E-state index in [1.165, 1.54) is 35.7 Å². The van der Waals surface area contributed by atoms with Crippen molar-refractivity contribution in [1.82, 2.24) is 14.9 Å². The van der Waals surface area contributed by atoms with Crippen LogP contribution in [0.2, 0.25) is 0 Å². The van der Waals surface area contributed by atoms with Crippen LogP contribution < -0.4 is 16.5 Å². The maximum absolute atomic E-state index is 12.7. The van der Waals surface area contributed by atoms with Gasteiger partial charge in [-0.05, 0) is 37.1 Å². The molecule has 0 unspecified atom stereocenters. The van der Waals surface area contributed by atoms with Gasteiger partial charge in [0.15, 0.2) is 5.82 Å². The Labute approximate surface area is 191 Å². The number of nitrogens with zero attached hydrogens (tertiary/aromatic N) is 3. The highest BCUT2D eigenvalue weighted by Crippen LogP contribution is 2.32. The Balaban J connectivity index is 1.37. The highest BCUT2D eigenvalue weighted by molar-refractivity contribution is 7.99. The molecule has 2 aromatic carbocycles. The SMILES string of the molecule is Nn1c(SCC(=O)Nc2ccccc2C(=O)Nc2ccccc2)nnc1C1CCCCC1. The molecule has 0 radical (unpaired) electrons. The van der Waals surface area contributed by atoms with Crippen LogP contribution >= 0.6 is 11.8 Å². The molecule has 1 saturated carbocycles. The van der Waals surface area contributed by atoms with E-state index in [2.05, 4.69) is 20.8 Å². The Hall–Kier alpha value is -3.33. The standard InChI is InChI=1S/C23H26N6O2S/c24-29-21(16-9-3-1-4-10-16)27-28-23(29)32-15-20(30)26-19-14-8-7-13-18(19)22(31)25-17-11-5-2-6-12-17/h2,5-8,11-14,16H,1,3-4,9-10,15,24H2,(H,25,31)(H,26,30). The van der Waals surface area contributed by atoms with Crippen LogP contribution in [0.1, 0.15) is 54.2 Å². The maximum Gasteiger partial charge on any atom is 0.257 e. The van der Waals surface area contributed by atoms with Crippen LogP contribution in [0.3, 0.4) is 0 Å². The molecule has 1 aliphatic carbocycles. The summed E-state index contributed by atoms with van der Waals surface area (Å²) in [7, 11) is 0. The quantitative estimate of drug-likeness (QED) is 0.370. The molecule has 0 aliphatic heterocycles. The van der Waals surface area contributed by atoms with Crippen LogP contribution in [0.25, 0.3) is 0 Å². The first-order chi connectivity index (χ1) is 15.6. The number of thioether (sulfide) groups is 1. The van der Waals surface area contributed by atoms with E-state index < -0.39 is 0 Å². The van der Waals surface area contributed by atoms with Crippen molar-refractivity contribution < 1.29 is 9.59 Å². The Morgan fingerprint density at radius 2 is 1.69 bits per heavy atom. The van der Waals surface area contributed by atoms with Crippen LogP contribution in [0.5, 0.6) is 0 Å². The average Bonchev–Trinajstić information content (AvgIpc) is 3.19. The number of nitrogens with two attached hydrogens (primary N) is 1. The number of para-hydroxylation sites is 2. The summed E-state index contributed by atoms with van der Waals surface area (Å²) in [6.45, 7) is 0. The van der Waals surface area contributed by atoms with Crippen molar-refractivity contribution in [3.05, 3.63) is 66.0 Å². The fraction of sp³-hybridized carbons (Fsp3) is 0.304. The van der Waals surface area contributed by atoms with Gasteiger partial charge in [-0.15, -0.1) is 10.2 Å². The number of aromatic nitrogens is 3. The van der Waals surface area contributed by atoms with Gasteiger partial charge in [0.2, 0.25) is 11.1 Å². The summed E-state index contributed by atoms with van der Waals surface area (Å²) in [6.07, 6.45) is 5.76. The van der Waals surface area contributed by atoms with Gasteiger partial charge in [0, 0.05) is 11.6 Å². The second kappa shape index (κ2) is 10.3. The van der Waals surface area contributed by atoms with Gasteiger partial charge in [0.25, 0.3) is 5.91 Å². The van der Waals surface area contributed by atoms with Gasteiger partial charge >= 0.3 is 0 Å². The summed E-state index contributed by atoms with van der Waals surface area (Å²) in [5.74, 6) is 6.88. The fourth-order valence-electron chi connectivity index (χ4n) is 3.85. The number of nitrogen functional groups attached to an aromatic ring is 1. The molecule has 3 aromatic rings. The number of nitrogens with one attached hydrogen (secondary N) is 2. The number of hydrogen-bond acceptors (Lipinski definition) is 6. The molecule has 1 aromatic heterocycles. The highest BCUT2D eigenvalue weighted by Gasteiger charge is 2.23. The topological polar surface area (TPSA) is 115 Å². The van der Waals surface area contributed by atoms with Gasteiger partial charge in [-0.2, -0.15) is 0 Å². The van der Waals surface area contributed by atoms with Crippen LogP contribution in [-0.4, -0.2) is 32.4 Å². The van der Waals surface area contributed by atoms with Crippen molar-refractivity contribution in [2.24, 2.45) is 0 Å². The number of anilines is 2. The number of carbonyl (C=O) groups is 2. The van der Waals surface area contributed by atoms with E-state index in [0.717, 1.165) is 18.7 Å². The largest absolute Gasteiger partial charge is 0.336 e. The first kappa shape index (κ1) is 21.9. The number of amides is 2. The molecule has 32 heavy (non-hydrogen) atoms. The minimum atomic E-state index is -0.293. The summed E-state index contributed by atoms with van der Waals surface area (Å²) < 4.78 is 1.51. The summed E-state index contributed by atoms with van der Waals surface area (Å²) in [5.41, 5.74) is 1.52. The predicted molar refractivity (Wildman–Crippen MR) is 126 cm³/mol. The average molecular weight is 451 g/mol. The van der Waals surface area contributed by atoms with Gasteiger partial charge in [-0.1, -0.05) is 61.4 Å². The molecule has 1 aliphatic rings. The molecule has 1 heterocycles. The fourth-order valence-corrected chi connectivity index (χ4v) is 4.52. The number of hydrogen-bond donors (Lipinski definition) is 3. The molecule has 0 saturated heterocycles. The van der Waals surface area contributed by atoms with Gasteiger partial charge in [0.05, 0.1) is 17.0 Å². The lowest BCUT2D eigenvalue weighted by molar-refractivity contribution is -0.113. The second-order valence-electron chi connectivity index (χ2n) is 7.75.